The lowest BCUT2D eigenvalue weighted by Gasteiger charge is -2.37. The van der Waals surface area contributed by atoms with Crippen LogP contribution in [0.5, 0.6) is 23.0 Å². The van der Waals surface area contributed by atoms with Gasteiger partial charge in [-0.05, 0) is 42.8 Å². The first kappa shape index (κ1) is 15.3. The Morgan fingerprint density at radius 3 is 2.77 bits per heavy atom. The third-order valence-corrected chi connectivity index (χ3v) is 5.37. The Kier molecular flexibility index (Phi) is 3.12. The van der Waals surface area contributed by atoms with Gasteiger partial charge < -0.3 is 24.4 Å². The highest BCUT2D eigenvalue weighted by molar-refractivity contribution is 5.98. The summed E-state index contributed by atoms with van der Waals surface area (Å²) in [5.74, 6) is 0.220. The van der Waals surface area contributed by atoms with Crippen LogP contribution >= 0.6 is 0 Å². The monoisotopic (exact) mass is 355 g/mol. The first-order chi connectivity index (χ1) is 12.5. The number of ether oxygens (including phenoxy) is 3. The van der Waals surface area contributed by atoms with E-state index in [1.54, 1.807) is 18.2 Å². The first-order valence-corrected chi connectivity index (χ1v) is 8.43. The van der Waals surface area contributed by atoms with Crippen molar-refractivity contribution in [1.29, 1.82) is 0 Å². The molecular weight excluding hydrogens is 338 g/mol. The van der Waals surface area contributed by atoms with Crippen molar-refractivity contribution in [1.82, 2.24) is 4.90 Å². The van der Waals surface area contributed by atoms with Gasteiger partial charge in [0.15, 0.2) is 23.0 Å². The molecule has 0 saturated heterocycles. The van der Waals surface area contributed by atoms with Gasteiger partial charge in [0.25, 0.3) is 0 Å². The number of phenols is 2. The summed E-state index contributed by atoms with van der Waals surface area (Å²) in [6.45, 7) is 0.832. The summed E-state index contributed by atoms with van der Waals surface area (Å²) in [6.07, 6.45) is 0.213. The highest BCUT2D eigenvalue weighted by Gasteiger charge is 2.44. The van der Waals surface area contributed by atoms with Crippen molar-refractivity contribution >= 4 is 5.97 Å². The molecule has 7 heteroatoms. The number of rotatable bonds is 1. The van der Waals surface area contributed by atoms with E-state index in [0.29, 0.717) is 17.1 Å². The van der Waals surface area contributed by atoms with Crippen LogP contribution in [0, 0.1) is 0 Å². The Morgan fingerprint density at radius 1 is 1.12 bits per heavy atom. The molecule has 134 valence electrons. The Morgan fingerprint density at radius 2 is 1.92 bits per heavy atom. The number of carbonyl (C=O) groups is 1. The van der Waals surface area contributed by atoms with Crippen LogP contribution in [0.4, 0.5) is 0 Å². The molecular formula is C19H17NO6. The van der Waals surface area contributed by atoms with E-state index < -0.39 is 12.1 Å². The second kappa shape index (κ2) is 5.28. The Balaban J connectivity index is 1.65. The number of likely N-dealkylation sites (N-methyl/N-ethyl adjacent to an activating group) is 1. The van der Waals surface area contributed by atoms with Crippen molar-refractivity contribution in [2.45, 2.75) is 18.6 Å². The highest BCUT2D eigenvalue weighted by Crippen LogP contribution is 2.51. The van der Waals surface area contributed by atoms with Crippen molar-refractivity contribution in [3.05, 3.63) is 46.5 Å². The van der Waals surface area contributed by atoms with Gasteiger partial charge in [0.05, 0.1) is 6.04 Å². The molecule has 3 aliphatic heterocycles. The van der Waals surface area contributed by atoms with Crippen molar-refractivity contribution in [2.75, 3.05) is 20.4 Å². The molecule has 2 aromatic rings. The number of nitrogens with zero attached hydrogens (tertiary/aromatic N) is 1. The van der Waals surface area contributed by atoms with E-state index in [0.717, 1.165) is 29.7 Å². The van der Waals surface area contributed by atoms with Gasteiger partial charge in [-0.1, -0.05) is 6.07 Å². The zero-order valence-electron chi connectivity index (χ0n) is 14.1. The third kappa shape index (κ3) is 2.00. The molecule has 2 unspecified atom stereocenters. The zero-order valence-corrected chi connectivity index (χ0v) is 14.1. The predicted octanol–water partition coefficient (Wildman–Crippen LogP) is 2.27. The zero-order chi connectivity index (χ0) is 18.0. The molecule has 2 N–H and O–H groups in total. The summed E-state index contributed by atoms with van der Waals surface area (Å²) in [4.78, 5) is 14.6. The quantitative estimate of drug-likeness (QED) is 0.599. The number of fused-ring (bicyclic) bond motifs is 4. The third-order valence-electron chi connectivity index (χ3n) is 5.37. The van der Waals surface area contributed by atoms with E-state index in [1.807, 2.05) is 13.1 Å². The number of phenolic OH excluding ortho intramolecular Hbond substituents is 2. The molecule has 5 rings (SSSR count). The second-order valence-electron chi connectivity index (χ2n) is 6.80. The fourth-order valence-corrected chi connectivity index (χ4v) is 4.10. The summed E-state index contributed by atoms with van der Waals surface area (Å²) < 4.78 is 16.6. The van der Waals surface area contributed by atoms with Crippen LogP contribution < -0.4 is 9.47 Å². The Hall–Kier alpha value is -2.93. The molecule has 3 heterocycles. The molecule has 0 fully saturated rings. The van der Waals surface area contributed by atoms with Crippen LogP contribution in [0.3, 0.4) is 0 Å². The van der Waals surface area contributed by atoms with Crippen LogP contribution in [0.15, 0.2) is 24.3 Å². The van der Waals surface area contributed by atoms with Crippen molar-refractivity contribution in [3.63, 3.8) is 0 Å². The van der Waals surface area contributed by atoms with Crippen LogP contribution in [-0.2, 0) is 11.2 Å². The average molecular weight is 355 g/mol. The van der Waals surface area contributed by atoms with Crippen LogP contribution in [-0.4, -0.2) is 41.5 Å². The number of benzene rings is 2. The molecule has 0 bridgehead atoms. The summed E-state index contributed by atoms with van der Waals surface area (Å²) in [6, 6.07) is 6.50. The number of cyclic esters (lactones) is 1. The van der Waals surface area contributed by atoms with Crippen molar-refractivity contribution in [3.8, 4) is 23.0 Å². The fourth-order valence-electron chi connectivity index (χ4n) is 4.10. The molecule has 0 spiro atoms. The second-order valence-corrected chi connectivity index (χ2v) is 6.80. The number of hydrogen-bond donors (Lipinski definition) is 2. The van der Waals surface area contributed by atoms with Crippen LogP contribution in [0.2, 0.25) is 0 Å². The lowest BCUT2D eigenvalue weighted by Crippen LogP contribution is -2.35. The lowest BCUT2D eigenvalue weighted by atomic mass is 9.86. The molecule has 0 radical (unpaired) electrons. The molecule has 2 atom stereocenters. The normalized spacial score (nSPS) is 23.5. The summed E-state index contributed by atoms with van der Waals surface area (Å²) >= 11 is 0. The molecule has 3 aliphatic rings. The van der Waals surface area contributed by atoms with E-state index in [-0.39, 0.29) is 24.3 Å². The van der Waals surface area contributed by atoms with Gasteiger partial charge in [-0.15, -0.1) is 0 Å². The van der Waals surface area contributed by atoms with Gasteiger partial charge in [0, 0.05) is 12.1 Å². The average Bonchev–Trinajstić information content (AvgIpc) is 3.21. The maximum Gasteiger partial charge on any atom is 0.343 e. The van der Waals surface area contributed by atoms with E-state index in [4.69, 9.17) is 14.2 Å². The van der Waals surface area contributed by atoms with Gasteiger partial charge in [-0.2, -0.15) is 0 Å². The predicted molar refractivity (Wildman–Crippen MR) is 89.6 cm³/mol. The van der Waals surface area contributed by atoms with Gasteiger partial charge >= 0.3 is 5.97 Å². The molecule has 2 aromatic carbocycles. The van der Waals surface area contributed by atoms with Gasteiger partial charge in [0.2, 0.25) is 6.79 Å². The first-order valence-electron chi connectivity index (χ1n) is 8.43. The number of carbonyl (C=O) groups excluding carboxylic acids is 1. The highest BCUT2D eigenvalue weighted by atomic mass is 16.7. The summed E-state index contributed by atoms with van der Waals surface area (Å²) in [5.41, 5.74) is 2.94. The topological polar surface area (TPSA) is 88.5 Å². The van der Waals surface area contributed by atoms with E-state index in [1.165, 1.54) is 0 Å². The number of aromatic hydroxyl groups is 2. The Bertz CT molecular complexity index is 940. The van der Waals surface area contributed by atoms with Crippen LogP contribution in [0.25, 0.3) is 0 Å². The van der Waals surface area contributed by atoms with E-state index in [2.05, 4.69) is 4.90 Å². The van der Waals surface area contributed by atoms with Gasteiger partial charge in [-0.3, -0.25) is 4.90 Å². The van der Waals surface area contributed by atoms with Gasteiger partial charge in [0.1, 0.15) is 11.7 Å². The molecule has 7 nitrogen and oxygen atoms in total. The molecule has 0 aromatic heterocycles. The minimum Gasteiger partial charge on any atom is -0.504 e. The van der Waals surface area contributed by atoms with Gasteiger partial charge in [-0.25, -0.2) is 4.79 Å². The molecule has 0 aliphatic carbocycles. The minimum absolute atomic E-state index is 0.0864. The number of esters is 1. The molecule has 26 heavy (non-hydrogen) atoms. The Labute approximate surface area is 149 Å². The SMILES string of the molecule is CN1CCc2cc(O)c(O)cc2C1C1OC(=O)c2c1ccc1c2OCO1. The molecule has 0 saturated carbocycles. The number of hydrogen-bond acceptors (Lipinski definition) is 7. The molecule has 0 amide bonds. The maximum absolute atomic E-state index is 12.6. The summed E-state index contributed by atoms with van der Waals surface area (Å²) in [7, 11) is 1.95. The minimum atomic E-state index is -0.528. The summed E-state index contributed by atoms with van der Waals surface area (Å²) in [5, 5.41) is 19.8. The van der Waals surface area contributed by atoms with Crippen molar-refractivity contribution in [2.24, 2.45) is 0 Å². The largest absolute Gasteiger partial charge is 0.504 e. The smallest absolute Gasteiger partial charge is 0.343 e. The maximum atomic E-state index is 12.6. The fraction of sp³-hybridized carbons (Fsp3) is 0.316. The van der Waals surface area contributed by atoms with E-state index >= 15 is 0 Å². The van der Waals surface area contributed by atoms with E-state index in [9.17, 15) is 15.0 Å². The van der Waals surface area contributed by atoms with Crippen molar-refractivity contribution < 1.29 is 29.2 Å². The lowest BCUT2D eigenvalue weighted by molar-refractivity contribution is 0.00928. The standard InChI is InChI=1S/C19H17NO6/c1-20-5-4-9-6-12(21)13(22)7-11(9)16(20)17-10-2-3-14-18(25-8-24-14)15(10)19(23)26-17/h2-3,6-7,16-17,21-22H,4-5,8H2,1H3. The van der Waals surface area contributed by atoms with Crippen LogP contribution in [0.1, 0.15) is 39.2 Å².